The fraction of sp³-hybridized carbons (Fsp3) is 0.833. The van der Waals surface area contributed by atoms with E-state index in [1.54, 1.807) is 6.33 Å². The van der Waals surface area contributed by atoms with Crippen molar-refractivity contribution in [3.63, 3.8) is 0 Å². The van der Waals surface area contributed by atoms with Crippen molar-refractivity contribution in [3.05, 3.63) is 12.2 Å². The summed E-state index contributed by atoms with van der Waals surface area (Å²) in [5, 5.41) is 7.15. The van der Waals surface area contributed by atoms with Gasteiger partial charge in [-0.1, -0.05) is 13.8 Å². The lowest BCUT2D eigenvalue weighted by Crippen LogP contribution is -2.31. The molecule has 1 N–H and O–H groups in total. The van der Waals surface area contributed by atoms with Gasteiger partial charge in [0, 0.05) is 13.1 Å². The van der Waals surface area contributed by atoms with Crippen LogP contribution >= 0.6 is 0 Å². The zero-order chi connectivity index (χ0) is 13.9. The van der Waals surface area contributed by atoms with Gasteiger partial charge in [0.2, 0.25) is 0 Å². The average molecular weight is 286 g/mol. The first-order valence-corrected chi connectivity index (χ1v) is 8.49. The topological polar surface area (TPSA) is 76.9 Å². The van der Waals surface area contributed by atoms with Crippen LogP contribution in [0.25, 0.3) is 0 Å². The third-order valence-electron chi connectivity index (χ3n) is 3.35. The van der Waals surface area contributed by atoms with Crippen molar-refractivity contribution in [2.45, 2.75) is 45.0 Å². The molecule has 1 aliphatic rings. The lowest BCUT2D eigenvalue weighted by Gasteiger charge is -2.12. The molecule has 19 heavy (non-hydrogen) atoms. The summed E-state index contributed by atoms with van der Waals surface area (Å²) in [4.78, 5) is 4.21. The van der Waals surface area contributed by atoms with Gasteiger partial charge in [0.25, 0.3) is 0 Å². The second-order valence-electron chi connectivity index (χ2n) is 5.51. The van der Waals surface area contributed by atoms with Crippen molar-refractivity contribution in [2.24, 2.45) is 5.92 Å². The van der Waals surface area contributed by atoms with Crippen molar-refractivity contribution >= 4 is 9.84 Å². The van der Waals surface area contributed by atoms with Crippen LogP contribution in [0, 0.1) is 5.92 Å². The molecule has 7 heteroatoms. The lowest BCUT2D eigenvalue weighted by molar-refractivity contribution is 0.456. The maximum absolute atomic E-state index is 11.7. The first-order valence-electron chi connectivity index (χ1n) is 6.78. The van der Waals surface area contributed by atoms with E-state index < -0.39 is 9.84 Å². The highest BCUT2D eigenvalue weighted by atomic mass is 32.2. The Morgan fingerprint density at radius 1 is 1.53 bits per heavy atom. The van der Waals surface area contributed by atoms with Gasteiger partial charge in [-0.3, -0.25) is 0 Å². The molecule has 2 rings (SSSR count). The summed E-state index contributed by atoms with van der Waals surface area (Å²) in [6, 6.07) is 0. The molecule has 1 aromatic rings. The van der Waals surface area contributed by atoms with Gasteiger partial charge < -0.3 is 5.32 Å². The van der Waals surface area contributed by atoms with Crippen LogP contribution in [-0.4, -0.2) is 40.7 Å². The maximum atomic E-state index is 11.7. The zero-order valence-corrected chi connectivity index (χ0v) is 12.4. The molecular weight excluding hydrogens is 264 g/mol. The van der Waals surface area contributed by atoms with Gasteiger partial charge in [-0.15, -0.1) is 0 Å². The summed E-state index contributed by atoms with van der Waals surface area (Å²) < 4.78 is 25.3. The largest absolute Gasteiger partial charge is 0.309 e. The number of hydrogen-bond acceptors (Lipinski definition) is 5. The molecule has 1 fully saturated rings. The lowest BCUT2D eigenvalue weighted by atomic mass is 10.2. The second kappa shape index (κ2) is 6.00. The third kappa shape index (κ3) is 3.76. The fourth-order valence-electron chi connectivity index (χ4n) is 2.36. The van der Waals surface area contributed by atoms with Crippen LogP contribution in [0.1, 0.15) is 32.5 Å². The Kier molecular flexibility index (Phi) is 4.57. The molecule has 0 bridgehead atoms. The Labute approximate surface area is 114 Å². The molecule has 1 saturated heterocycles. The van der Waals surface area contributed by atoms with Crippen molar-refractivity contribution in [3.8, 4) is 0 Å². The minimum Gasteiger partial charge on any atom is -0.309 e. The first kappa shape index (κ1) is 14.5. The molecule has 0 amide bonds. The Balaban J connectivity index is 1.84. The van der Waals surface area contributed by atoms with Crippen LogP contribution in [0.2, 0.25) is 0 Å². The van der Waals surface area contributed by atoms with Crippen molar-refractivity contribution in [1.82, 2.24) is 20.1 Å². The van der Waals surface area contributed by atoms with Crippen molar-refractivity contribution in [1.29, 1.82) is 0 Å². The van der Waals surface area contributed by atoms with Crippen LogP contribution in [0.3, 0.4) is 0 Å². The van der Waals surface area contributed by atoms with E-state index in [2.05, 4.69) is 29.2 Å². The van der Waals surface area contributed by atoms with Gasteiger partial charge in [-0.2, -0.15) is 5.10 Å². The first-order chi connectivity index (χ1) is 8.99. The van der Waals surface area contributed by atoms with Gasteiger partial charge in [-0.05, 0) is 18.8 Å². The normalized spacial score (nSPS) is 22.2. The summed E-state index contributed by atoms with van der Waals surface area (Å²) in [5.41, 5.74) is 0. The van der Waals surface area contributed by atoms with Gasteiger partial charge in [0.15, 0.2) is 9.84 Å². The summed E-state index contributed by atoms with van der Waals surface area (Å²) in [5.74, 6) is 1.71. The maximum Gasteiger partial charge on any atom is 0.154 e. The molecule has 0 aromatic carbocycles. The highest BCUT2D eigenvalue weighted by molar-refractivity contribution is 7.92. The van der Waals surface area contributed by atoms with E-state index in [1.807, 2.05) is 4.68 Å². The molecule has 1 aliphatic heterocycles. The van der Waals surface area contributed by atoms with Crippen LogP contribution in [0.5, 0.6) is 0 Å². The summed E-state index contributed by atoms with van der Waals surface area (Å²) >= 11 is 0. The smallest absolute Gasteiger partial charge is 0.154 e. The van der Waals surface area contributed by atoms with E-state index in [9.17, 15) is 8.42 Å². The predicted octanol–water partition coefficient (Wildman–Crippen LogP) is 0.601. The summed E-state index contributed by atoms with van der Waals surface area (Å²) in [6.45, 7) is 6.17. The van der Waals surface area contributed by atoms with Crippen molar-refractivity contribution < 1.29 is 8.42 Å². The van der Waals surface area contributed by atoms with Gasteiger partial charge >= 0.3 is 0 Å². The van der Waals surface area contributed by atoms with E-state index >= 15 is 0 Å². The van der Waals surface area contributed by atoms with E-state index in [1.165, 1.54) is 0 Å². The molecule has 6 nitrogen and oxygen atoms in total. The molecule has 1 atom stereocenters. The number of rotatable bonds is 6. The molecule has 0 radical (unpaired) electrons. The molecule has 0 saturated carbocycles. The molecule has 2 heterocycles. The third-order valence-corrected chi connectivity index (χ3v) is 5.63. The van der Waals surface area contributed by atoms with E-state index in [0.717, 1.165) is 25.2 Å². The number of nitrogens with one attached hydrogen (secondary N) is 1. The minimum absolute atomic E-state index is 0.228. The Hall–Kier alpha value is -0.950. The Morgan fingerprint density at radius 2 is 2.32 bits per heavy atom. The van der Waals surface area contributed by atoms with Gasteiger partial charge in [-0.25, -0.2) is 18.1 Å². The summed E-state index contributed by atoms with van der Waals surface area (Å²) in [6.07, 6.45) is 3.11. The van der Waals surface area contributed by atoms with Gasteiger partial charge in [0.1, 0.15) is 12.2 Å². The number of sulfone groups is 1. The van der Waals surface area contributed by atoms with Crippen molar-refractivity contribution in [2.75, 3.05) is 12.3 Å². The Bertz CT molecular complexity index is 510. The number of aromatic nitrogens is 3. The fourth-order valence-corrected chi connectivity index (χ4v) is 4.16. The van der Waals surface area contributed by atoms with Crippen LogP contribution in [0.15, 0.2) is 6.33 Å². The van der Waals surface area contributed by atoms with Crippen LogP contribution in [-0.2, 0) is 22.9 Å². The minimum atomic E-state index is -2.86. The quantitative estimate of drug-likeness (QED) is 0.828. The van der Waals surface area contributed by atoms with E-state index in [4.69, 9.17) is 0 Å². The molecule has 0 aliphatic carbocycles. The summed E-state index contributed by atoms with van der Waals surface area (Å²) in [7, 11) is -2.86. The van der Waals surface area contributed by atoms with E-state index in [0.29, 0.717) is 24.8 Å². The van der Waals surface area contributed by atoms with E-state index in [-0.39, 0.29) is 5.25 Å². The molecule has 0 spiro atoms. The highest BCUT2D eigenvalue weighted by Gasteiger charge is 2.30. The average Bonchev–Trinajstić information content (AvgIpc) is 2.86. The van der Waals surface area contributed by atoms with Crippen LogP contribution < -0.4 is 5.32 Å². The highest BCUT2D eigenvalue weighted by Crippen LogP contribution is 2.19. The van der Waals surface area contributed by atoms with Crippen LogP contribution in [0.4, 0.5) is 0 Å². The SMILES string of the molecule is CC(C)Cn1ncnc1CNCC1CCCS1(=O)=O. The Morgan fingerprint density at radius 3 is 2.95 bits per heavy atom. The molecule has 1 aromatic heterocycles. The zero-order valence-electron chi connectivity index (χ0n) is 11.5. The molecule has 108 valence electrons. The standard InChI is InChI=1S/C12H22N4O2S/c1-10(2)8-16-12(14-9-15-16)7-13-6-11-4-3-5-19(11,17)18/h9-11,13H,3-8H2,1-2H3. The molecule has 1 unspecified atom stereocenters. The monoisotopic (exact) mass is 286 g/mol. The predicted molar refractivity (Wildman–Crippen MR) is 73.4 cm³/mol. The number of hydrogen-bond donors (Lipinski definition) is 1. The number of nitrogens with zero attached hydrogens (tertiary/aromatic N) is 3. The second-order valence-corrected chi connectivity index (χ2v) is 7.91. The molecular formula is C12H22N4O2S. The van der Waals surface area contributed by atoms with Gasteiger partial charge in [0.05, 0.1) is 17.5 Å².